The lowest BCUT2D eigenvalue weighted by molar-refractivity contribution is 0.550. The van der Waals surface area contributed by atoms with Gasteiger partial charge >= 0.3 is 0 Å². The summed E-state index contributed by atoms with van der Waals surface area (Å²) in [4.78, 5) is 0. The highest BCUT2D eigenvalue weighted by molar-refractivity contribution is 5.87. The Bertz CT molecular complexity index is 432. The maximum atomic E-state index is 13.0. The van der Waals surface area contributed by atoms with Crippen LogP contribution in [-0.4, -0.2) is 18.9 Å². The van der Waals surface area contributed by atoms with Gasteiger partial charge in [-0.2, -0.15) is 5.10 Å². The summed E-state index contributed by atoms with van der Waals surface area (Å²) in [5.41, 5.74) is 1.90. The first-order chi connectivity index (χ1) is 8.75. The highest BCUT2D eigenvalue weighted by atomic mass is 19.1. The van der Waals surface area contributed by atoms with Gasteiger partial charge in [-0.15, -0.1) is 0 Å². The summed E-state index contributed by atoms with van der Waals surface area (Å²) in [6.45, 7) is 10.4. The summed E-state index contributed by atoms with van der Waals surface area (Å²) in [7, 11) is 1.88. The van der Waals surface area contributed by atoms with Crippen LogP contribution in [0.15, 0.2) is 29.4 Å². The van der Waals surface area contributed by atoms with Gasteiger partial charge in [0.2, 0.25) is 0 Å². The fraction of sp³-hybridized carbons (Fsp3) is 0.533. The largest absolute Gasteiger partial charge is 0.299 e. The standard InChI is InChI=1S/C15H24FN3/c1-11(15(3,4)5)18-19(12(2)17-6)14-9-7-13(16)8-10-14/h7-10,12,17H,1-6H3/b18-11+. The summed E-state index contributed by atoms with van der Waals surface area (Å²) in [6, 6.07) is 6.38. The second-order valence-corrected chi connectivity index (χ2v) is 5.72. The Morgan fingerprint density at radius 1 is 1.26 bits per heavy atom. The van der Waals surface area contributed by atoms with Gasteiger partial charge in [0.1, 0.15) is 5.82 Å². The minimum atomic E-state index is -0.239. The normalized spacial score (nSPS) is 14.4. The third-order valence-corrected chi connectivity index (χ3v) is 3.22. The predicted molar refractivity (Wildman–Crippen MR) is 80.0 cm³/mol. The van der Waals surface area contributed by atoms with Crippen LogP contribution in [0.25, 0.3) is 0 Å². The minimum absolute atomic E-state index is 0.00570. The third-order valence-electron chi connectivity index (χ3n) is 3.22. The van der Waals surface area contributed by atoms with Crippen molar-refractivity contribution >= 4 is 11.4 Å². The van der Waals surface area contributed by atoms with Crippen molar-refractivity contribution in [3.05, 3.63) is 30.1 Å². The summed E-state index contributed by atoms with van der Waals surface area (Å²) >= 11 is 0. The van der Waals surface area contributed by atoms with E-state index >= 15 is 0 Å². The number of hydrogen-bond acceptors (Lipinski definition) is 3. The van der Waals surface area contributed by atoms with E-state index in [0.717, 1.165) is 11.4 Å². The minimum Gasteiger partial charge on any atom is -0.299 e. The number of halogens is 1. The first-order valence-electron chi connectivity index (χ1n) is 6.53. The van der Waals surface area contributed by atoms with Crippen LogP contribution in [0.5, 0.6) is 0 Å². The zero-order valence-corrected chi connectivity index (χ0v) is 12.7. The lowest BCUT2D eigenvalue weighted by Crippen LogP contribution is -2.40. The first-order valence-corrected chi connectivity index (χ1v) is 6.53. The molecule has 1 atom stereocenters. The first kappa shape index (κ1) is 15.6. The number of nitrogens with one attached hydrogen (secondary N) is 1. The third kappa shape index (κ3) is 4.31. The van der Waals surface area contributed by atoms with E-state index in [1.54, 1.807) is 12.1 Å². The fourth-order valence-corrected chi connectivity index (χ4v) is 1.40. The zero-order chi connectivity index (χ0) is 14.6. The molecule has 106 valence electrons. The molecule has 0 aliphatic carbocycles. The quantitative estimate of drug-likeness (QED) is 0.511. The predicted octanol–water partition coefficient (Wildman–Crippen LogP) is 3.62. The van der Waals surface area contributed by atoms with Crippen molar-refractivity contribution in [2.45, 2.75) is 40.8 Å². The summed E-state index contributed by atoms with van der Waals surface area (Å²) in [6.07, 6.45) is 0.0303. The molecule has 3 nitrogen and oxygen atoms in total. The van der Waals surface area contributed by atoms with Gasteiger partial charge in [-0.1, -0.05) is 20.8 Å². The highest BCUT2D eigenvalue weighted by Crippen LogP contribution is 2.21. The van der Waals surface area contributed by atoms with Crippen LogP contribution in [0.4, 0.5) is 10.1 Å². The maximum Gasteiger partial charge on any atom is 0.123 e. The van der Waals surface area contributed by atoms with Crippen molar-refractivity contribution < 1.29 is 4.39 Å². The highest BCUT2D eigenvalue weighted by Gasteiger charge is 2.18. The fourth-order valence-electron chi connectivity index (χ4n) is 1.40. The lowest BCUT2D eigenvalue weighted by atomic mass is 9.91. The molecule has 1 N–H and O–H groups in total. The number of hydrazone groups is 1. The molecule has 1 rings (SSSR count). The molecule has 0 heterocycles. The van der Waals surface area contributed by atoms with E-state index < -0.39 is 0 Å². The van der Waals surface area contributed by atoms with Crippen LogP contribution in [0.2, 0.25) is 0 Å². The van der Waals surface area contributed by atoms with Crippen LogP contribution in [0, 0.1) is 11.2 Å². The lowest BCUT2D eigenvalue weighted by Gasteiger charge is -2.29. The molecule has 0 radical (unpaired) electrons. The second kappa shape index (κ2) is 6.15. The molecular weight excluding hydrogens is 241 g/mol. The van der Waals surface area contributed by atoms with Gasteiger partial charge in [-0.3, -0.25) is 5.32 Å². The smallest absolute Gasteiger partial charge is 0.123 e. The van der Waals surface area contributed by atoms with Crippen molar-refractivity contribution in [2.75, 3.05) is 12.1 Å². The molecule has 1 unspecified atom stereocenters. The Morgan fingerprint density at radius 3 is 2.21 bits per heavy atom. The number of rotatable bonds is 4. The molecule has 0 aromatic heterocycles. The summed E-state index contributed by atoms with van der Waals surface area (Å²) in [5.74, 6) is -0.239. The average Bonchev–Trinajstić information content (AvgIpc) is 2.35. The van der Waals surface area contributed by atoms with Gasteiger partial charge < -0.3 is 0 Å². The van der Waals surface area contributed by atoms with Gasteiger partial charge in [0.05, 0.1) is 11.9 Å². The Hall–Kier alpha value is -1.42. The van der Waals surface area contributed by atoms with Crippen molar-refractivity contribution in [1.29, 1.82) is 0 Å². The Balaban J connectivity index is 3.13. The number of nitrogens with zero attached hydrogens (tertiary/aromatic N) is 2. The maximum absolute atomic E-state index is 13.0. The summed E-state index contributed by atoms with van der Waals surface area (Å²) in [5, 5.41) is 9.72. The van der Waals surface area contributed by atoms with E-state index in [0.29, 0.717) is 0 Å². The van der Waals surface area contributed by atoms with Gasteiger partial charge in [0, 0.05) is 11.1 Å². The van der Waals surface area contributed by atoms with Crippen LogP contribution in [0.3, 0.4) is 0 Å². The van der Waals surface area contributed by atoms with E-state index in [4.69, 9.17) is 0 Å². The van der Waals surface area contributed by atoms with Crippen molar-refractivity contribution in [3.63, 3.8) is 0 Å². The molecule has 1 aromatic carbocycles. The molecule has 1 aromatic rings. The van der Waals surface area contributed by atoms with Crippen LogP contribution in [-0.2, 0) is 0 Å². The molecule has 0 aliphatic heterocycles. The van der Waals surface area contributed by atoms with E-state index in [9.17, 15) is 4.39 Å². The van der Waals surface area contributed by atoms with E-state index in [1.807, 2.05) is 25.9 Å². The zero-order valence-electron chi connectivity index (χ0n) is 12.7. The molecular formula is C15H24FN3. The molecule has 0 fully saturated rings. The van der Waals surface area contributed by atoms with E-state index in [1.165, 1.54) is 12.1 Å². The molecule has 4 heteroatoms. The number of hydrogen-bond donors (Lipinski definition) is 1. The van der Waals surface area contributed by atoms with Gasteiger partial charge in [-0.05, 0) is 45.2 Å². The van der Waals surface area contributed by atoms with Crippen molar-refractivity contribution in [1.82, 2.24) is 5.32 Å². The molecule has 0 aliphatic rings. The van der Waals surface area contributed by atoms with E-state index in [2.05, 4.69) is 31.2 Å². The SMILES string of the molecule is CNC(C)N(/N=C(\C)C(C)(C)C)c1ccc(F)cc1. The number of anilines is 1. The molecule has 0 saturated heterocycles. The van der Waals surface area contributed by atoms with Crippen LogP contribution >= 0.6 is 0 Å². The molecule has 0 amide bonds. The van der Waals surface area contributed by atoms with Gasteiger partial charge in [-0.25, -0.2) is 9.40 Å². The Morgan fingerprint density at radius 2 is 1.79 bits per heavy atom. The monoisotopic (exact) mass is 265 g/mol. The van der Waals surface area contributed by atoms with Crippen LogP contribution in [0.1, 0.15) is 34.6 Å². The van der Waals surface area contributed by atoms with Crippen molar-refractivity contribution in [3.8, 4) is 0 Å². The van der Waals surface area contributed by atoms with Gasteiger partial charge in [0.15, 0.2) is 0 Å². The molecule has 0 bridgehead atoms. The van der Waals surface area contributed by atoms with Crippen LogP contribution < -0.4 is 10.3 Å². The van der Waals surface area contributed by atoms with Crippen molar-refractivity contribution in [2.24, 2.45) is 10.5 Å². The molecule has 0 saturated carbocycles. The summed E-state index contributed by atoms with van der Waals surface area (Å²) < 4.78 is 13.0. The van der Waals surface area contributed by atoms with Gasteiger partial charge in [0.25, 0.3) is 0 Å². The Kier molecular flexibility index (Phi) is 5.06. The van der Waals surface area contributed by atoms with E-state index in [-0.39, 0.29) is 17.4 Å². The molecule has 0 spiro atoms. The average molecular weight is 265 g/mol. The second-order valence-electron chi connectivity index (χ2n) is 5.72. The topological polar surface area (TPSA) is 27.6 Å². The number of benzene rings is 1. The Labute approximate surface area is 115 Å². The molecule has 19 heavy (non-hydrogen) atoms.